The van der Waals surface area contributed by atoms with Gasteiger partial charge in [0, 0.05) is 6.42 Å². The van der Waals surface area contributed by atoms with Crippen molar-refractivity contribution in [1.29, 1.82) is 0 Å². The van der Waals surface area contributed by atoms with Crippen LogP contribution < -0.4 is 0 Å². The maximum atomic E-state index is 5.64. The summed E-state index contributed by atoms with van der Waals surface area (Å²) in [4.78, 5) is 0. The van der Waals surface area contributed by atoms with Crippen LogP contribution in [0.3, 0.4) is 0 Å². The van der Waals surface area contributed by atoms with Gasteiger partial charge < -0.3 is 4.48 Å². The summed E-state index contributed by atoms with van der Waals surface area (Å²) in [6.07, 6.45) is 0.966. The van der Waals surface area contributed by atoms with Crippen LogP contribution in [0, 0.1) is 0 Å². The molecule has 0 aliphatic heterocycles. The van der Waals surface area contributed by atoms with E-state index in [1.165, 1.54) is 0 Å². The lowest BCUT2D eigenvalue weighted by atomic mass is 10.4. The van der Waals surface area contributed by atoms with Crippen molar-refractivity contribution in [2.75, 3.05) is 27.7 Å². The molecule has 0 heterocycles. The van der Waals surface area contributed by atoms with E-state index >= 15 is 0 Å². The Balaban J connectivity index is 3.28. The molecule has 0 aromatic rings. The third-order valence-corrected chi connectivity index (χ3v) is 1.51. The van der Waals surface area contributed by atoms with Gasteiger partial charge in [-0.05, 0) is 0 Å². The van der Waals surface area contributed by atoms with Gasteiger partial charge in [-0.25, -0.2) is 0 Å². The second kappa shape index (κ2) is 3.69. The molecule has 0 radical (unpaired) electrons. The maximum absolute atomic E-state index is 5.64. The van der Waals surface area contributed by atoms with Crippen molar-refractivity contribution >= 4 is 24.2 Å². The molecule has 56 valence electrons. The van der Waals surface area contributed by atoms with Crippen LogP contribution in [0.2, 0.25) is 0 Å². The Hall–Kier alpha value is 0.600. The summed E-state index contributed by atoms with van der Waals surface area (Å²) in [5, 5.41) is 0. The van der Waals surface area contributed by atoms with Crippen LogP contribution in [0.5, 0.6) is 0 Å². The Morgan fingerprint density at radius 3 is 2.00 bits per heavy atom. The van der Waals surface area contributed by atoms with E-state index < -0.39 is 0 Å². The van der Waals surface area contributed by atoms with Crippen molar-refractivity contribution in [3.05, 3.63) is 0 Å². The summed E-state index contributed by atoms with van der Waals surface area (Å²) in [6.45, 7) is 1.08. The lowest BCUT2D eigenvalue weighted by molar-refractivity contribution is -0.870. The van der Waals surface area contributed by atoms with Gasteiger partial charge in [0.05, 0.1) is 32.4 Å². The third-order valence-electron chi connectivity index (χ3n) is 1.04. The van der Waals surface area contributed by atoms with Crippen LogP contribution in [0.4, 0.5) is 0 Å². The van der Waals surface area contributed by atoms with Crippen molar-refractivity contribution in [3.8, 4) is 0 Å². The minimum absolute atomic E-state index is 0.0161. The number of nitrogens with zero attached hydrogens (tertiary/aromatic N) is 1. The molecule has 1 nitrogen and oxygen atoms in total. The molecule has 9 heavy (non-hydrogen) atoms. The Labute approximate surface area is 68.0 Å². The summed E-state index contributed by atoms with van der Waals surface area (Å²) >= 11 is 9.70. The summed E-state index contributed by atoms with van der Waals surface area (Å²) < 4.78 is 0.978. The molecule has 0 saturated carbocycles. The molecule has 0 rings (SSSR count). The maximum Gasteiger partial charge on any atom is 0.0812 e. The normalized spacial score (nSPS) is 15.7. The molecule has 0 aliphatic carbocycles. The number of rotatable bonds is 3. The van der Waals surface area contributed by atoms with Gasteiger partial charge in [-0.1, -0.05) is 0 Å². The van der Waals surface area contributed by atoms with Gasteiger partial charge in [-0.15, -0.1) is 11.6 Å². The van der Waals surface area contributed by atoms with Gasteiger partial charge in [0.1, 0.15) is 0 Å². The first-order valence-corrected chi connectivity index (χ1v) is 4.00. The molecule has 3 heteroatoms. The molecule has 1 unspecified atom stereocenters. The largest absolute Gasteiger partial charge is 0.331 e. The number of halogens is 1. The lowest BCUT2D eigenvalue weighted by Gasteiger charge is -2.23. The minimum atomic E-state index is 0.0161. The number of quaternary nitrogens is 1. The van der Waals surface area contributed by atoms with E-state index in [1.807, 2.05) is 0 Å². The predicted octanol–water partition coefficient (Wildman–Crippen LogP) is 1.58. The Kier molecular flexibility index (Phi) is 3.94. The van der Waals surface area contributed by atoms with Crippen LogP contribution in [0.15, 0.2) is 0 Å². The van der Waals surface area contributed by atoms with E-state index in [0.29, 0.717) is 0 Å². The highest BCUT2D eigenvalue weighted by molar-refractivity contribution is 7.82. The van der Waals surface area contributed by atoms with Gasteiger partial charge in [-0.3, -0.25) is 0 Å². The van der Waals surface area contributed by atoms with Crippen molar-refractivity contribution in [2.24, 2.45) is 0 Å². The molecular weight excluding hydrogens is 154 g/mol. The van der Waals surface area contributed by atoms with Crippen molar-refractivity contribution in [1.82, 2.24) is 0 Å². The highest BCUT2D eigenvalue weighted by atomic mass is 35.5. The van der Waals surface area contributed by atoms with Gasteiger partial charge in [0.25, 0.3) is 0 Å². The number of thiol groups is 1. The van der Waals surface area contributed by atoms with Crippen molar-refractivity contribution < 1.29 is 4.48 Å². The van der Waals surface area contributed by atoms with E-state index in [-0.39, 0.29) is 4.71 Å². The van der Waals surface area contributed by atoms with Crippen LogP contribution >= 0.6 is 24.2 Å². The minimum Gasteiger partial charge on any atom is -0.331 e. The van der Waals surface area contributed by atoms with Gasteiger partial charge in [0.2, 0.25) is 0 Å². The second-order valence-electron chi connectivity index (χ2n) is 3.24. The molecular formula is C6H15ClNS+. The van der Waals surface area contributed by atoms with Crippen LogP contribution in [-0.4, -0.2) is 36.9 Å². The monoisotopic (exact) mass is 168 g/mol. The molecule has 0 saturated heterocycles. The average molecular weight is 169 g/mol. The fourth-order valence-electron chi connectivity index (χ4n) is 0.494. The lowest BCUT2D eigenvalue weighted by Crippen LogP contribution is -2.35. The summed E-state index contributed by atoms with van der Waals surface area (Å²) in [5.41, 5.74) is 0. The fourth-order valence-corrected chi connectivity index (χ4v) is 0.707. The van der Waals surface area contributed by atoms with E-state index in [4.69, 9.17) is 11.6 Å². The number of hydrogen-bond acceptors (Lipinski definition) is 1. The molecule has 0 bridgehead atoms. The second-order valence-corrected chi connectivity index (χ2v) is 4.69. The summed E-state index contributed by atoms with van der Waals surface area (Å²) in [5.74, 6) is 0. The molecule has 0 aromatic heterocycles. The topological polar surface area (TPSA) is 0 Å². The fraction of sp³-hybridized carbons (Fsp3) is 1.00. The zero-order valence-electron chi connectivity index (χ0n) is 6.26. The van der Waals surface area contributed by atoms with Crippen molar-refractivity contribution in [3.63, 3.8) is 0 Å². The quantitative estimate of drug-likeness (QED) is 0.369. The molecule has 0 aromatic carbocycles. The standard InChI is InChI=1S/C6H14ClNS/c1-8(2,3)5-4-6(7)9/h6H,4-5H2,1-3H3/p+1. The van der Waals surface area contributed by atoms with Gasteiger partial charge in [-0.2, -0.15) is 12.6 Å². The average Bonchev–Trinajstić information content (AvgIpc) is 1.59. The first kappa shape index (κ1) is 9.60. The van der Waals surface area contributed by atoms with E-state index in [9.17, 15) is 0 Å². The third kappa shape index (κ3) is 8.60. The van der Waals surface area contributed by atoms with Crippen LogP contribution in [0.1, 0.15) is 6.42 Å². The molecule has 0 aliphatic rings. The van der Waals surface area contributed by atoms with Gasteiger partial charge >= 0.3 is 0 Å². The molecule has 1 atom stereocenters. The summed E-state index contributed by atoms with van der Waals surface area (Å²) in [7, 11) is 6.44. The van der Waals surface area contributed by atoms with Crippen molar-refractivity contribution in [2.45, 2.75) is 11.1 Å². The zero-order chi connectivity index (χ0) is 7.49. The predicted molar refractivity (Wildman–Crippen MR) is 46.1 cm³/mol. The number of hydrogen-bond donors (Lipinski definition) is 1. The molecule has 0 amide bonds. The Morgan fingerprint density at radius 2 is 1.89 bits per heavy atom. The van der Waals surface area contributed by atoms with E-state index in [2.05, 4.69) is 33.8 Å². The Bertz CT molecular complexity index is 77.6. The van der Waals surface area contributed by atoms with E-state index in [1.54, 1.807) is 0 Å². The highest BCUT2D eigenvalue weighted by Gasteiger charge is 2.08. The highest BCUT2D eigenvalue weighted by Crippen LogP contribution is 2.07. The molecule has 0 fully saturated rings. The molecule has 0 spiro atoms. The van der Waals surface area contributed by atoms with Crippen LogP contribution in [0.25, 0.3) is 0 Å². The first-order valence-electron chi connectivity index (χ1n) is 3.04. The number of alkyl halides is 1. The molecule has 0 N–H and O–H groups in total. The van der Waals surface area contributed by atoms with Gasteiger partial charge in [0.15, 0.2) is 0 Å². The zero-order valence-corrected chi connectivity index (χ0v) is 7.91. The van der Waals surface area contributed by atoms with Crippen LogP contribution in [-0.2, 0) is 0 Å². The Morgan fingerprint density at radius 1 is 1.44 bits per heavy atom. The summed E-state index contributed by atoms with van der Waals surface area (Å²) in [6, 6.07) is 0. The smallest absolute Gasteiger partial charge is 0.0812 e. The van der Waals surface area contributed by atoms with E-state index in [0.717, 1.165) is 17.4 Å². The SMILES string of the molecule is C[N+](C)(C)CCC(S)Cl. The first-order chi connectivity index (χ1) is 3.92.